The minimum absolute atomic E-state index is 0.513. The molecule has 3 aliphatic carbocycles. The molecule has 3 saturated carbocycles. The van der Waals surface area contributed by atoms with Crippen molar-refractivity contribution >= 4 is 5.78 Å². The van der Waals surface area contributed by atoms with Gasteiger partial charge in [-0.3, -0.25) is 4.79 Å². The van der Waals surface area contributed by atoms with Crippen molar-refractivity contribution in [3.05, 3.63) is 0 Å². The van der Waals surface area contributed by atoms with Gasteiger partial charge in [-0.25, -0.2) is 0 Å². The minimum Gasteiger partial charge on any atom is -0.300 e. The van der Waals surface area contributed by atoms with Gasteiger partial charge in [0.15, 0.2) is 0 Å². The van der Waals surface area contributed by atoms with Crippen LogP contribution in [0.25, 0.3) is 0 Å². The molecule has 0 aromatic heterocycles. The number of Topliss-reactive ketones (excluding diaryl/α,β-unsaturated/α-hetero) is 1. The molecule has 0 spiro atoms. The van der Waals surface area contributed by atoms with Crippen LogP contribution in [0, 0.1) is 29.6 Å². The van der Waals surface area contributed by atoms with Crippen molar-refractivity contribution in [2.45, 2.75) is 103 Å². The molecule has 132 valence electrons. The predicted molar refractivity (Wildman–Crippen MR) is 97.4 cm³/mol. The monoisotopic (exact) mass is 318 g/mol. The second-order valence-electron chi connectivity index (χ2n) is 9.03. The second kappa shape index (κ2) is 8.67. The van der Waals surface area contributed by atoms with E-state index in [1.54, 1.807) is 0 Å². The summed E-state index contributed by atoms with van der Waals surface area (Å²) in [4.78, 5) is 11.3. The Morgan fingerprint density at radius 2 is 1.09 bits per heavy atom. The van der Waals surface area contributed by atoms with Crippen LogP contribution in [0.3, 0.4) is 0 Å². The summed E-state index contributed by atoms with van der Waals surface area (Å²) < 4.78 is 0. The summed E-state index contributed by atoms with van der Waals surface area (Å²) in [6.07, 6.45) is 20.5. The van der Waals surface area contributed by atoms with Crippen molar-refractivity contribution < 1.29 is 4.79 Å². The van der Waals surface area contributed by atoms with Crippen LogP contribution in [0.15, 0.2) is 0 Å². The van der Waals surface area contributed by atoms with E-state index in [-0.39, 0.29) is 0 Å². The van der Waals surface area contributed by atoms with Crippen LogP contribution in [0.4, 0.5) is 0 Å². The summed E-state index contributed by atoms with van der Waals surface area (Å²) in [6.45, 7) is 2.37. The highest BCUT2D eigenvalue weighted by Crippen LogP contribution is 2.43. The summed E-state index contributed by atoms with van der Waals surface area (Å²) in [5.41, 5.74) is 0. The molecule has 3 aliphatic rings. The van der Waals surface area contributed by atoms with Crippen LogP contribution in [-0.2, 0) is 4.79 Å². The molecule has 0 atom stereocenters. The standard InChI is InChI=1S/C22H38O/c1-2-17-5-11-20(12-6-17)21-13-7-18(8-14-21)3-4-19-9-15-22(23)16-10-19/h17-21H,2-16H2,1H3. The van der Waals surface area contributed by atoms with E-state index in [0.29, 0.717) is 5.78 Å². The first-order chi connectivity index (χ1) is 11.2. The number of hydrogen-bond acceptors (Lipinski definition) is 1. The smallest absolute Gasteiger partial charge is 0.132 e. The largest absolute Gasteiger partial charge is 0.300 e. The van der Waals surface area contributed by atoms with E-state index in [1.165, 1.54) is 83.5 Å². The Labute approximate surface area is 144 Å². The molecule has 0 N–H and O–H groups in total. The van der Waals surface area contributed by atoms with Gasteiger partial charge in [0.25, 0.3) is 0 Å². The van der Waals surface area contributed by atoms with Crippen LogP contribution in [0.2, 0.25) is 0 Å². The molecule has 0 aromatic rings. The fraction of sp³-hybridized carbons (Fsp3) is 0.955. The average Bonchev–Trinajstić information content (AvgIpc) is 2.62. The van der Waals surface area contributed by atoms with Gasteiger partial charge in [0.1, 0.15) is 5.78 Å². The molecular weight excluding hydrogens is 280 g/mol. The Morgan fingerprint density at radius 3 is 1.57 bits per heavy atom. The molecule has 0 unspecified atom stereocenters. The van der Waals surface area contributed by atoms with Gasteiger partial charge in [-0.15, -0.1) is 0 Å². The zero-order valence-corrected chi connectivity index (χ0v) is 15.4. The normalized spacial score (nSPS) is 37.0. The topological polar surface area (TPSA) is 17.1 Å². The van der Waals surface area contributed by atoms with Crippen molar-refractivity contribution in [2.24, 2.45) is 29.6 Å². The molecule has 0 heterocycles. The molecule has 0 bridgehead atoms. The minimum atomic E-state index is 0.513. The van der Waals surface area contributed by atoms with Crippen molar-refractivity contribution in [1.29, 1.82) is 0 Å². The predicted octanol–water partition coefficient (Wildman–Crippen LogP) is 6.55. The van der Waals surface area contributed by atoms with Gasteiger partial charge in [-0.1, -0.05) is 51.9 Å². The fourth-order valence-electron chi connectivity index (χ4n) is 5.78. The van der Waals surface area contributed by atoms with Gasteiger partial charge in [-0.2, -0.15) is 0 Å². The van der Waals surface area contributed by atoms with E-state index >= 15 is 0 Å². The third-order valence-corrected chi connectivity index (χ3v) is 7.67. The van der Waals surface area contributed by atoms with E-state index in [2.05, 4.69) is 6.92 Å². The van der Waals surface area contributed by atoms with E-state index in [9.17, 15) is 4.79 Å². The number of carbonyl (C=O) groups excluding carboxylic acids is 1. The quantitative estimate of drug-likeness (QED) is 0.562. The first-order valence-electron chi connectivity index (χ1n) is 10.8. The molecule has 1 heteroatoms. The average molecular weight is 319 g/mol. The second-order valence-corrected chi connectivity index (χ2v) is 9.03. The molecule has 0 aliphatic heterocycles. The van der Waals surface area contributed by atoms with Crippen LogP contribution < -0.4 is 0 Å². The van der Waals surface area contributed by atoms with Gasteiger partial charge in [0.05, 0.1) is 0 Å². The van der Waals surface area contributed by atoms with Gasteiger partial charge in [-0.05, 0) is 68.1 Å². The first kappa shape index (κ1) is 17.5. The van der Waals surface area contributed by atoms with Crippen LogP contribution in [0.5, 0.6) is 0 Å². The van der Waals surface area contributed by atoms with Gasteiger partial charge >= 0.3 is 0 Å². The molecule has 0 saturated heterocycles. The lowest BCUT2D eigenvalue weighted by atomic mass is 9.68. The molecule has 23 heavy (non-hydrogen) atoms. The lowest BCUT2D eigenvalue weighted by molar-refractivity contribution is -0.121. The maximum atomic E-state index is 11.3. The van der Waals surface area contributed by atoms with E-state index in [1.807, 2.05) is 0 Å². The Kier molecular flexibility index (Phi) is 6.60. The van der Waals surface area contributed by atoms with Gasteiger partial charge in [0.2, 0.25) is 0 Å². The molecule has 0 amide bonds. The fourth-order valence-corrected chi connectivity index (χ4v) is 5.78. The molecule has 3 rings (SSSR count). The highest BCUT2D eigenvalue weighted by atomic mass is 16.1. The summed E-state index contributed by atoms with van der Waals surface area (Å²) >= 11 is 0. The van der Waals surface area contributed by atoms with Gasteiger partial charge in [0, 0.05) is 12.8 Å². The zero-order valence-electron chi connectivity index (χ0n) is 15.4. The molecule has 0 aromatic carbocycles. The number of ketones is 1. The lowest BCUT2D eigenvalue weighted by Crippen LogP contribution is -2.26. The van der Waals surface area contributed by atoms with E-state index in [4.69, 9.17) is 0 Å². The summed E-state index contributed by atoms with van der Waals surface area (Å²) in [5.74, 6) is 5.58. The van der Waals surface area contributed by atoms with Crippen LogP contribution >= 0.6 is 0 Å². The Hall–Kier alpha value is -0.330. The molecular formula is C22H38O. The van der Waals surface area contributed by atoms with Crippen molar-refractivity contribution in [3.8, 4) is 0 Å². The third-order valence-electron chi connectivity index (χ3n) is 7.67. The van der Waals surface area contributed by atoms with Crippen molar-refractivity contribution in [2.75, 3.05) is 0 Å². The Bertz CT molecular complexity index is 348. The van der Waals surface area contributed by atoms with Crippen LogP contribution in [0.1, 0.15) is 103 Å². The maximum absolute atomic E-state index is 11.3. The van der Waals surface area contributed by atoms with Crippen molar-refractivity contribution in [3.63, 3.8) is 0 Å². The van der Waals surface area contributed by atoms with E-state index in [0.717, 1.165) is 42.4 Å². The van der Waals surface area contributed by atoms with Gasteiger partial charge < -0.3 is 0 Å². The van der Waals surface area contributed by atoms with Crippen molar-refractivity contribution in [1.82, 2.24) is 0 Å². The Morgan fingerprint density at radius 1 is 0.652 bits per heavy atom. The molecule has 3 fully saturated rings. The summed E-state index contributed by atoms with van der Waals surface area (Å²) in [6, 6.07) is 0. The SMILES string of the molecule is CCC1CCC(C2CCC(CCC3CCC(=O)CC3)CC2)CC1. The third kappa shape index (κ3) is 5.07. The summed E-state index contributed by atoms with van der Waals surface area (Å²) in [5, 5.41) is 0. The number of rotatable bonds is 5. The molecule has 0 radical (unpaired) electrons. The maximum Gasteiger partial charge on any atom is 0.132 e. The lowest BCUT2D eigenvalue weighted by Gasteiger charge is -2.38. The van der Waals surface area contributed by atoms with E-state index < -0.39 is 0 Å². The zero-order chi connectivity index (χ0) is 16.1. The number of carbonyl (C=O) groups is 1. The highest BCUT2D eigenvalue weighted by molar-refractivity contribution is 5.78. The first-order valence-corrected chi connectivity index (χ1v) is 10.8. The number of hydrogen-bond donors (Lipinski definition) is 0. The highest BCUT2D eigenvalue weighted by Gasteiger charge is 2.30. The Balaban J connectivity index is 1.32. The summed E-state index contributed by atoms with van der Waals surface area (Å²) in [7, 11) is 0. The van der Waals surface area contributed by atoms with Crippen LogP contribution in [-0.4, -0.2) is 5.78 Å². The molecule has 1 nitrogen and oxygen atoms in total.